The molecule has 118 valence electrons. The SMILES string of the molecule is CCC(C)Oc1ccc(OCC(C)=NOc2cccs2)cc1. The second-order valence-corrected chi connectivity index (χ2v) is 5.86. The average molecular weight is 319 g/mol. The van der Waals surface area contributed by atoms with E-state index < -0.39 is 0 Å². The van der Waals surface area contributed by atoms with Crippen molar-refractivity contribution in [2.75, 3.05) is 6.61 Å². The van der Waals surface area contributed by atoms with E-state index in [0.29, 0.717) is 6.61 Å². The van der Waals surface area contributed by atoms with Crippen molar-refractivity contribution in [1.82, 2.24) is 0 Å². The fourth-order valence-corrected chi connectivity index (χ4v) is 2.11. The van der Waals surface area contributed by atoms with Crippen molar-refractivity contribution in [1.29, 1.82) is 0 Å². The first-order valence-electron chi connectivity index (χ1n) is 7.31. The Hall–Kier alpha value is -2.01. The molecule has 1 heterocycles. The van der Waals surface area contributed by atoms with E-state index in [0.717, 1.165) is 28.7 Å². The number of hydrogen-bond acceptors (Lipinski definition) is 5. The molecule has 0 radical (unpaired) electrons. The lowest BCUT2D eigenvalue weighted by molar-refractivity contribution is 0.217. The van der Waals surface area contributed by atoms with Gasteiger partial charge in [0, 0.05) is 0 Å². The van der Waals surface area contributed by atoms with Crippen LogP contribution < -0.4 is 14.3 Å². The fourth-order valence-electron chi connectivity index (χ4n) is 1.58. The van der Waals surface area contributed by atoms with Crippen molar-refractivity contribution in [3.8, 4) is 16.6 Å². The molecule has 5 heteroatoms. The van der Waals surface area contributed by atoms with Crippen molar-refractivity contribution in [2.24, 2.45) is 5.16 Å². The van der Waals surface area contributed by atoms with Crippen molar-refractivity contribution >= 4 is 17.0 Å². The molecule has 1 aromatic heterocycles. The van der Waals surface area contributed by atoms with Gasteiger partial charge < -0.3 is 14.3 Å². The van der Waals surface area contributed by atoms with Gasteiger partial charge in [-0.1, -0.05) is 12.1 Å². The molecule has 0 spiro atoms. The number of benzene rings is 1. The summed E-state index contributed by atoms with van der Waals surface area (Å²) >= 11 is 1.50. The van der Waals surface area contributed by atoms with Crippen LogP contribution in [0.1, 0.15) is 27.2 Å². The summed E-state index contributed by atoms with van der Waals surface area (Å²) in [5.74, 6) is 1.63. The summed E-state index contributed by atoms with van der Waals surface area (Å²) in [5, 5.41) is 6.74. The Labute approximate surface area is 135 Å². The van der Waals surface area contributed by atoms with Gasteiger partial charge in [-0.05, 0) is 62.0 Å². The van der Waals surface area contributed by atoms with Gasteiger partial charge in [0.1, 0.15) is 18.1 Å². The highest BCUT2D eigenvalue weighted by molar-refractivity contribution is 7.11. The van der Waals surface area contributed by atoms with E-state index in [1.54, 1.807) is 0 Å². The second-order valence-electron chi connectivity index (χ2n) is 4.95. The van der Waals surface area contributed by atoms with Gasteiger partial charge in [0.2, 0.25) is 5.06 Å². The predicted molar refractivity (Wildman–Crippen MR) is 90.4 cm³/mol. The monoisotopic (exact) mass is 319 g/mol. The molecule has 0 aliphatic heterocycles. The van der Waals surface area contributed by atoms with Gasteiger partial charge in [-0.3, -0.25) is 0 Å². The maximum absolute atomic E-state index is 5.73. The molecule has 2 aromatic rings. The minimum absolute atomic E-state index is 0.218. The second kappa shape index (κ2) is 8.44. The number of nitrogens with zero attached hydrogens (tertiary/aromatic N) is 1. The van der Waals surface area contributed by atoms with Gasteiger partial charge in [-0.2, -0.15) is 0 Å². The number of thiophene rings is 1. The van der Waals surface area contributed by atoms with Crippen molar-refractivity contribution in [3.05, 3.63) is 41.8 Å². The molecule has 0 saturated heterocycles. The lowest BCUT2D eigenvalue weighted by Crippen LogP contribution is -2.10. The minimum atomic E-state index is 0.218. The first kappa shape index (κ1) is 16.4. The molecule has 0 amide bonds. The molecular weight excluding hydrogens is 298 g/mol. The maximum atomic E-state index is 5.73. The Morgan fingerprint density at radius 2 is 1.91 bits per heavy atom. The summed E-state index contributed by atoms with van der Waals surface area (Å²) in [4.78, 5) is 5.28. The van der Waals surface area contributed by atoms with Gasteiger partial charge in [0.25, 0.3) is 0 Å². The highest BCUT2D eigenvalue weighted by atomic mass is 32.1. The van der Waals surface area contributed by atoms with E-state index in [1.165, 1.54) is 11.3 Å². The molecule has 0 fully saturated rings. The molecule has 0 aliphatic carbocycles. The normalized spacial score (nSPS) is 12.8. The Morgan fingerprint density at radius 1 is 1.18 bits per heavy atom. The molecule has 0 saturated carbocycles. The lowest BCUT2D eigenvalue weighted by atomic mass is 10.3. The average Bonchev–Trinajstić information content (AvgIpc) is 3.05. The van der Waals surface area contributed by atoms with Gasteiger partial charge in [-0.25, -0.2) is 0 Å². The smallest absolute Gasteiger partial charge is 0.211 e. The lowest BCUT2D eigenvalue weighted by Gasteiger charge is -2.13. The highest BCUT2D eigenvalue weighted by Gasteiger charge is 2.02. The molecule has 1 aromatic carbocycles. The Kier molecular flexibility index (Phi) is 6.27. The molecule has 1 atom stereocenters. The standard InChI is InChI=1S/C17H21NO3S/c1-4-14(3)20-16-9-7-15(8-10-16)19-12-13(2)18-21-17-6-5-11-22-17/h5-11,14H,4,12H2,1-3H3. The zero-order valence-electron chi connectivity index (χ0n) is 13.1. The Balaban J connectivity index is 1.79. The van der Waals surface area contributed by atoms with E-state index in [1.807, 2.05) is 48.7 Å². The number of ether oxygens (including phenoxy) is 2. The van der Waals surface area contributed by atoms with Crippen LogP contribution in [0.4, 0.5) is 0 Å². The van der Waals surface area contributed by atoms with E-state index in [9.17, 15) is 0 Å². The first-order chi connectivity index (χ1) is 10.7. The minimum Gasteiger partial charge on any atom is -0.491 e. The van der Waals surface area contributed by atoms with Crippen LogP contribution in [0.25, 0.3) is 0 Å². The summed E-state index contributed by atoms with van der Waals surface area (Å²) < 4.78 is 11.4. The molecule has 1 unspecified atom stereocenters. The van der Waals surface area contributed by atoms with Gasteiger partial charge in [0.05, 0.1) is 11.8 Å². The molecule has 4 nitrogen and oxygen atoms in total. The topological polar surface area (TPSA) is 40.0 Å². The summed E-state index contributed by atoms with van der Waals surface area (Å²) in [6.45, 7) is 6.41. The summed E-state index contributed by atoms with van der Waals surface area (Å²) in [7, 11) is 0. The summed E-state index contributed by atoms with van der Waals surface area (Å²) in [6, 6.07) is 11.4. The van der Waals surface area contributed by atoms with E-state index in [2.05, 4.69) is 19.0 Å². The number of rotatable bonds is 8. The highest BCUT2D eigenvalue weighted by Crippen LogP contribution is 2.20. The third kappa shape index (κ3) is 5.41. The van der Waals surface area contributed by atoms with Crippen LogP contribution in [0.3, 0.4) is 0 Å². The zero-order chi connectivity index (χ0) is 15.8. The van der Waals surface area contributed by atoms with Crippen molar-refractivity contribution < 1.29 is 14.3 Å². The van der Waals surface area contributed by atoms with E-state index >= 15 is 0 Å². The zero-order valence-corrected chi connectivity index (χ0v) is 13.9. The van der Waals surface area contributed by atoms with Gasteiger partial charge >= 0.3 is 0 Å². The summed E-state index contributed by atoms with van der Waals surface area (Å²) in [5.41, 5.74) is 0.772. The fraction of sp³-hybridized carbons (Fsp3) is 0.353. The van der Waals surface area contributed by atoms with Crippen LogP contribution in [0, 0.1) is 0 Å². The van der Waals surface area contributed by atoms with E-state index in [4.69, 9.17) is 14.3 Å². The van der Waals surface area contributed by atoms with Crippen molar-refractivity contribution in [2.45, 2.75) is 33.3 Å². The third-order valence-corrected chi connectivity index (χ3v) is 3.71. The Morgan fingerprint density at radius 3 is 2.55 bits per heavy atom. The van der Waals surface area contributed by atoms with Crippen LogP contribution in [0.2, 0.25) is 0 Å². The van der Waals surface area contributed by atoms with Crippen molar-refractivity contribution in [3.63, 3.8) is 0 Å². The first-order valence-corrected chi connectivity index (χ1v) is 8.19. The molecule has 2 rings (SSSR count). The van der Waals surface area contributed by atoms with E-state index in [-0.39, 0.29) is 6.10 Å². The molecular formula is C17H21NO3S. The predicted octanol–water partition coefficient (Wildman–Crippen LogP) is 4.76. The van der Waals surface area contributed by atoms with Crippen LogP contribution in [0.15, 0.2) is 46.9 Å². The molecule has 0 N–H and O–H groups in total. The van der Waals surface area contributed by atoms with Gasteiger partial charge in [0.15, 0.2) is 0 Å². The summed E-state index contributed by atoms with van der Waals surface area (Å²) in [6.07, 6.45) is 1.20. The van der Waals surface area contributed by atoms with Crippen LogP contribution in [0.5, 0.6) is 16.6 Å². The van der Waals surface area contributed by atoms with Crippen LogP contribution in [-0.4, -0.2) is 18.4 Å². The number of oxime groups is 1. The molecule has 22 heavy (non-hydrogen) atoms. The maximum Gasteiger partial charge on any atom is 0.211 e. The quantitative estimate of drug-likeness (QED) is 0.520. The largest absolute Gasteiger partial charge is 0.491 e. The van der Waals surface area contributed by atoms with Crippen LogP contribution >= 0.6 is 11.3 Å². The van der Waals surface area contributed by atoms with Crippen LogP contribution in [-0.2, 0) is 0 Å². The third-order valence-electron chi connectivity index (χ3n) is 2.97. The number of hydrogen-bond donors (Lipinski definition) is 0. The molecule has 0 bridgehead atoms. The Bertz CT molecular complexity index is 578. The van der Waals surface area contributed by atoms with Gasteiger partial charge in [-0.15, -0.1) is 11.3 Å². The molecule has 0 aliphatic rings.